The molecule has 0 amide bonds. The molecule has 0 aromatic carbocycles. The molecule has 0 atom stereocenters. The monoisotopic (exact) mass is 246 g/mol. The van der Waals surface area contributed by atoms with Crippen LogP contribution >= 0.6 is 0 Å². The van der Waals surface area contributed by atoms with Crippen molar-refractivity contribution in [2.45, 2.75) is 65.7 Å². The van der Waals surface area contributed by atoms with Crippen LogP contribution in [0.15, 0.2) is 48.1 Å². The van der Waals surface area contributed by atoms with E-state index in [4.69, 9.17) is 0 Å². The summed E-state index contributed by atoms with van der Waals surface area (Å²) in [6.07, 6.45) is 19.6. The van der Waals surface area contributed by atoms with Crippen molar-refractivity contribution in [3.63, 3.8) is 0 Å². The molecule has 0 radical (unpaired) electrons. The number of rotatable bonds is 10. The first-order valence-corrected chi connectivity index (χ1v) is 7.21. The zero-order chi connectivity index (χ0) is 13.6. The molecule has 0 aromatic rings. The Labute approximate surface area is 114 Å². The fourth-order valence-corrected chi connectivity index (χ4v) is 1.74. The maximum atomic E-state index is 3.74. The van der Waals surface area contributed by atoms with Gasteiger partial charge in [-0.2, -0.15) is 0 Å². The van der Waals surface area contributed by atoms with Crippen LogP contribution in [0.1, 0.15) is 65.7 Å². The van der Waals surface area contributed by atoms with Gasteiger partial charge in [-0.05, 0) is 65.7 Å². The lowest BCUT2D eigenvalue weighted by atomic mass is 10.1. The molecule has 0 nitrogen and oxygen atoms in total. The van der Waals surface area contributed by atoms with Gasteiger partial charge in [0.25, 0.3) is 0 Å². The van der Waals surface area contributed by atoms with E-state index in [1.165, 1.54) is 43.3 Å². The van der Waals surface area contributed by atoms with Gasteiger partial charge in [0.2, 0.25) is 0 Å². The van der Waals surface area contributed by atoms with E-state index in [1.54, 1.807) is 0 Å². The fourth-order valence-electron chi connectivity index (χ4n) is 1.74. The lowest BCUT2D eigenvalue weighted by molar-refractivity contribution is 0.829. The second kappa shape index (κ2) is 12.4. The largest absolute Gasteiger partial charge is 0.103 e. The second-order valence-electron chi connectivity index (χ2n) is 5.15. The number of unbranched alkanes of at least 4 members (excludes halogenated alkanes) is 3. The molecule has 0 spiro atoms. The Morgan fingerprint density at radius 3 is 2.33 bits per heavy atom. The lowest BCUT2D eigenvalue weighted by Crippen LogP contribution is -1.77. The van der Waals surface area contributed by atoms with Gasteiger partial charge in [-0.15, -0.1) is 6.58 Å². The number of hydrogen-bond acceptors (Lipinski definition) is 0. The average molecular weight is 246 g/mol. The van der Waals surface area contributed by atoms with Crippen LogP contribution in [0.2, 0.25) is 0 Å². The zero-order valence-corrected chi connectivity index (χ0v) is 12.5. The molecule has 0 bridgehead atoms. The van der Waals surface area contributed by atoms with E-state index in [-0.39, 0.29) is 0 Å². The SMILES string of the molecule is C=CCCCC(C)=CCC=CCCCC=C(C)C. The average Bonchev–Trinajstić information content (AvgIpc) is 2.32. The van der Waals surface area contributed by atoms with Gasteiger partial charge in [-0.1, -0.05) is 41.5 Å². The van der Waals surface area contributed by atoms with Gasteiger partial charge in [0.05, 0.1) is 0 Å². The summed E-state index contributed by atoms with van der Waals surface area (Å²) in [5, 5.41) is 0. The molecule has 0 N–H and O–H groups in total. The van der Waals surface area contributed by atoms with E-state index < -0.39 is 0 Å². The Morgan fingerprint density at radius 2 is 1.67 bits per heavy atom. The third-order valence-electron chi connectivity index (χ3n) is 2.88. The Kier molecular flexibility index (Phi) is 11.7. The summed E-state index contributed by atoms with van der Waals surface area (Å²) in [6, 6.07) is 0. The quantitative estimate of drug-likeness (QED) is 0.310. The molecule has 0 heteroatoms. The van der Waals surface area contributed by atoms with Crippen LogP contribution in [-0.4, -0.2) is 0 Å². The summed E-state index contributed by atoms with van der Waals surface area (Å²) in [5.41, 5.74) is 2.93. The van der Waals surface area contributed by atoms with Crippen molar-refractivity contribution in [1.29, 1.82) is 0 Å². The van der Waals surface area contributed by atoms with Crippen LogP contribution in [0.5, 0.6) is 0 Å². The molecular weight excluding hydrogens is 216 g/mol. The summed E-state index contributed by atoms with van der Waals surface area (Å²) in [7, 11) is 0. The predicted molar refractivity (Wildman–Crippen MR) is 84.8 cm³/mol. The summed E-state index contributed by atoms with van der Waals surface area (Å²) in [4.78, 5) is 0. The molecule has 0 aliphatic rings. The Hall–Kier alpha value is -1.04. The van der Waals surface area contributed by atoms with Crippen molar-refractivity contribution in [3.8, 4) is 0 Å². The van der Waals surface area contributed by atoms with Gasteiger partial charge in [0, 0.05) is 0 Å². The van der Waals surface area contributed by atoms with Gasteiger partial charge >= 0.3 is 0 Å². The van der Waals surface area contributed by atoms with E-state index >= 15 is 0 Å². The highest BCUT2D eigenvalue weighted by molar-refractivity contribution is 5.02. The molecule has 18 heavy (non-hydrogen) atoms. The highest BCUT2D eigenvalue weighted by atomic mass is 13.9. The van der Waals surface area contributed by atoms with Crippen molar-refractivity contribution in [1.82, 2.24) is 0 Å². The highest BCUT2D eigenvalue weighted by Gasteiger charge is 1.88. The van der Waals surface area contributed by atoms with Gasteiger partial charge < -0.3 is 0 Å². The first-order chi connectivity index (χ1) is 8.66. The Balaban J connectivity index is 3.54. The van der Waals surface area contributed by atoms with Gasteiger partial charge in [0.15, 0.2) is 0 Å². The van der Waals surface area contributed by atoms with Crippen LogP contribution in [0, 0.1) is 0 Å². The van der Waals surface area contributed by atoms with Gasteiger partial charge in [0.1, 0.15) is 0 Å². The van der Waals surface area contributed by atoms with E-state index in [2.05, 4.69) is 51.7 Å². The van der Waals surface area contributed by atoms with Crippen LogP contribution in [0.25, 0.3) is 0 Å². The van der Waals surface area contributed by atoms with Crippen LogP contribution in [0.4, 0.5) is 0 Å². The van der Waals surface area contributed by atoms with Crippen molar-refractivity contribution in [2.24, 2.45) is 0 Å². The van der Waals surface area contributed by atoms with Crippen LogP contribution < -0.4 is 0 Å². The molecule has 0 unspecified atom stereocenters. The molecular formula is C18H30. The predicted octanol–water partition coefficient (Wildman–Crippen LogP) is 6.37. The Morgan fingerprint density at radius 1 is 0.889 bits per heavy atom. The topological polar surface area (TPSA) is 0 Å². The molecule has 0 saturated carbocycles. The van der Waals surface area contributed by atoms with Crippen molar-refractivity contribution < 1.29 is 0 Å². The summed E-state index contributed by atoms with van der Waals surface area (Å²) < 4.78 is 0. The molecule has 0 rings (SSSR count). The Bertz CT molecular complexity index is 285. The third kappa shape index (κ3) is 13.0. The molecule has 0 aromatic heterocycles. The molecule has 0 aliphatic carbocycles. The van der Waals surface area contributed by atoms with Crippen LogP contribution in [-0.2, 0) is 0 Å². The molecule has 102 valence electrons. The number of hydrogen-bond donors (Lipinski definition) is 0. The van der Waals surface area contributed by atoms with Crippen molar-refractivity contribution >= 4 is 0 Å². The smallest absolute Gasteiger partial charge is 0.0167 e. The van der Waals surface area contributed by atoms with E-state index in [0.717, 1.165) is 12.8 Å². The van der Waals surface area contributed by atoms with Crippen LogP contribution in [0.3, 0.4) is 0 Å². The van der Waals surface area contributed by atoms with Crippen molar-refractivity contribution in [3.05, 3.63) is 48.1 Å². The summed E-state index contributed by atoms with van der Waals surface area (Å²) in [6.45, 7) is 10.3. The van der Waals surface area contributed by atoms with E-state index in [1.807, 2.05) is 6.08 Å². The van der Waals surface area contributed by atoms with Crippen molar-refractivity contribution in [2.75, 3.05) is 0 Å². The second-order valence-corrected chi connectivity index (χ2v) is 5.15. The first kappa shape index (κ1) is 17.0. The first-order valence-electron chi connectivity index (χ1n) is 7.21. The molecule has 0 saturated heterocycles. The van der Waals surface area contributed by atoms with Gasteiger partial charge in [-0.25, -0.2) is 0 Å². The minimum absolute atomic E-state index is 1.09. The summed E-state index contributed by atoms with van der Waals surface area (Å²) >= 11 is 0. The lowest BCUT2D eigenvalue weighted by Gasteiger charge is -1.98. The van der Waals surface area contributed by atoms with E-state index in [0.29, 0.717) is 0 Å². The zero-order valence-electron chi connectivity index (χ0n) is 12.5. The number of allylic oxidation sites excluding steroid dienone is 7. The maximum Gasteiger partial charge on any atom is -0.0167 e. The normalized spacial score (nSPS) is 11.8. The molecule has 0 heterocycles. The minimum Gasteiger partial charge on any atom is -0.103 e. The fraction of sp³-hybridized carbons (Fsp3) is 0.556. The summed E-state index contributed by atoms with van der Waals surface area (Å²) in [5.74, 6) is 0. The third-order valence-corrected chi connectivity index (χ3v) is 2.88. The highest BCUT2D eigenvalue weighted by Crippen LogP contribution is 2.08. The van der Waals surface area contributed by atoms with Gasteiger partial charge in [-0.3, -0.25) is 0 Å². The standard InChI is InChI=1S/C18H30/c1-5-6-11-15-18(4)16-13-10-8-7-9-12-14-17(2)3/h5,8,10,14,16H,1,6-7,9,11-13,15H2,2-4H3. The molecule has 0 aliphatic heterocycles. The maximum absolute atomic E-state index is 3.74. The minimum atomic E-state index is 1.09. The van der Waals surface area contributed by atoms with E-state index in [9.17, 15) is 0 Å². The molecule has 0 fully saturated rings.